The first-order chi connectivity index (χ1) is 21.0. The Morgan fingerprint density at radius 3 is 2.48 bits per heavy atom. The number of phenols is 1. The number of hydrogen-bond donors (Lipinski definition) is 7. The first kappa shape index (κ1) is 31.4. The second-order valence-electron chi connectivity index (χ2n) is 10.8. The van der Waals surface area contributed by atoms with Crippen LogP contribution in [0, 0.1) is 0 Å². The molecule has 2 aromatic carbocycles. The molecule has 44 heavy (non-hydrogen) atoms. The Balaban J connectivity index is 1.42. The van der Waals surface area contributed by atoms with Gasteiger partial charge in [-0.3, -0.25) is 9.59 Å². The molecule has 14 nitrogen and oxygen atoms in total. The van der Waals surface area contributed by atoms with Crippen molar-refractivity contribution >= 4 is 22.7 Å². The van der Waals surface area contributed by atoms with E-state index in [-0.39, 0.29) is 47.3 Å². The zero-order valence-corrected chi connectivity index (χ0v) is 23.2. The molecule has 1 saturated heterocycles. The zero-order valence-electron chi connectivity index (χ0n) is 23.2. The predicted octanol–water partition coefficient (Wildman–Crippen LogP) is -0.621. The SMILES string of the molecule is O=C(O)Cc1ccc2cc(CCOC3CC4OC(=O)C=C4C=C3O)cc(OCC3OC(CO)C(O)C(O)C3O)c(=O)c2c1O. The van der Waals surface area contributed by atoms with Gasteiger partial charge in [-0.05, 0) is 29.5 Å². The number of benzene rings is 1. The molecule has 3 aliphatic rings. The van der Waals surface area contributed by atoms with Gasteiger partial charge in [0.15, 0.2) is 5.75 Å². The molecule has 0 amide bonds. The van der Waals surface area contributed by atoms with Crippen LogP contribution in [-0.2, 0) is 36.6 Å². The summed E-state index contributed by atoms with van der Waals surface area (Å²) in [5.41, 5.74) is 0.244. The van der Waals surface area contributed by atoms with E-state index in [9.17, 15) is 50.1 Å². The molecule has 1 aliphatic carbocycles. The van der Waals surface area contributed by atoms with Crippen LogP contribution in [0.4, 0.5) is 0 Å². The number of aliphatic carboxylic acids is 1. The van der Waals surface area contributed by atoms with Gasteiger partial charge in [-0.15, -0.1) is 0 Å². The quantitative estimate of drug-likeness (QED) is 0.165. The standard InChI is InChI=1S/C30H32O14/c31-11-21-28(38)30(40)29(39)22(43-21)12-42-20-6-13(3-4-41-19-10-18-16(7-17(19)32)9-24(35)44-18)5-14-1-2-15(8-23(33)34)26(36)25(14)27(20)37/h1-2,5-7,9,18-19,21-22,28-32,36,38-40H,3-4,8,10-12H2,(H,33,34). The summed E-state index contributed by atoms with van der Waals surface area (Å²) >= 11 is 0. The number of hydrogen-bond acceptors (Lipinski definition) is 13. The van der Waals surface area contributed by atoms with Gasteiger partial charge in [0.1, 0.15) is 60.8 Å². The van der Waals surface area contributed by atoms with Crippen LogP contribution in [0.5, 0.6) is 11.5 Å². The lowest BCUT2D eigenvalue weighted by Gasteiger charge is -2.39. The maximum Gasteiger partial charge on any atom is 0.331 e. The fourth-order valence-electron chi connectivity index (χ4n) is 5.49. The van der Waals surface area contributed by atoms with Crippen LogP contribution in [0.25, 0.3) is 10.8 Å². The van der Waals surface area contributed by atoms with E-state index in [0.29, 0.717) is 11.1 Å². The first-order valence-corrected chi connectivity index (χ1v) is 13.9. The van der Waals surface area contributed by atoms with E-state index < -0.39 is 85.5 Å². The number of aromatic hydroxyl groups is 1. The molecule has 7 N–H and O–H groups in total. The average molecular weight is 617 g/mol. The third kappa shape index (κ3) is 6.40. The smallest absolute Gasteiger partial charge is 0.331 e. The number of carbonyl (C=O) groups is 2. The summed E-state index contributed by atoms with van der Waals surface area (Å²) in [6.45, 7) is -1.11. The number of fused-ring (bicyclic) bond motifs is 2. The molecular formula is C30H32O14. The van der Waals surface area contributed by atoms with E-state index in [1.165, 1.54) is 30.4 Å². The maximum atomic E-state index is 13.6. The normalized spacial score (nSPS) is 28.2. The van der Waals surface area contributed by atoms with Crippen molar-refractivity contribution in [3.05, 3.63) is 69.1 Å². The number of aliphatic hydroxyl groups is 5. The van der Waals surface area contributed by atoms with Gasteiger partial charge in [0.2, 0.25) is 5.43 Å². The molecular weight excluding hydrogens is 584 g/mol. The van der Waals surface area contributed by atoms with Crippen molar-refractivity contribution in [1.29, 1.82) is 0 Å². The van der Waals surface area contributed by atoms with Crippen molar-refractivity contribution in [2.75, 3.05) is 19.8 Å². The van der Waals surface area contributed by atoms with Gasteiger partial charge < -0.3 is 54.7 Å². The Bertz CT molecular complexity index is 1560. The lowest BCUT2D eigenvalue weighted by Crippen LogP contribution is -2.59. The Hall–Kier alpha value is -4.05. The van der Waals surface area contributed by atoms with Crippen LogP contribution in [-0.4, -0.2) is 110 Å². The van der Waals surface area contributed by atoms with Gasteiger partial charge in [-0.1, -0.05) is 18.2 Å². The highest BCUT2D eigenvalue weighted by molar-refractivity contribution is 5.91. The van der Waals surface area contributed by atoms with E-state index in [0.717, 1.165) is 0 Å². The van der Waals surface area contributed by atoms with Crippen LogP contribution in [0.2, 0.25) is 0 Å². The highest BCUT2D eigenvalue weighted by Gasteiger charge is 2.43. The van der Waals surface area contributed by atoms with Gasteiger partial charge in [-0.25, -0.2) is 4.79 Å². The highest BCUT2D eigenvalue weighted by atomic mass is 16.6. The molecule has 5 rings (SSSR count). The summed E-state index contributed by atoms with van der Waals surface area (Å²) in [7, 11) is 0. The molecule has 0 aromatic heterocycles. The van der Waals surface area contributed by atoms with E-state index in [1.54, 1.807) is 6.07 Å². The van der Waals surface area contributed by atoms with Gasteiger partial charge in [-0.2, -0.15) is 0 Å². The van der Waals surface area contributed by atoms with Crippen LogP contribution in [0.15, 0.2) is 52.5 Å². The fraction of sp³-hybridized carbons (Fsp3) is 0.433. The molecule has 2 aliphatic heterocycles. The number of aliphatic hydroxyl groups excluding tert-OH is 5. The van der Waals surface area contributed by atoms with Gasteiger partial charge in [0.25, 0.3) is 0 Å². The lowest BCUT2D eigenvalue weighted by atomic mass is 9.95. The van der Waals surface area contributed by atoms with Crippen LogP contribution >= 0.6 is 0 Å². The minimum absolute atomic E-state index is 0.00124. The third-order valence-corrected chi connectivity index (χ3v) is 7.83. The minimum Gasteiger partial charge on any atom is -0.510 e. The first-order valence-electron chi connectivity index (χ1n) is 13.9. The van der Waals surface area contributed by atoms with E-state index >= 15 is 0 Å². The molecule has 7 atom stereocenters. The fourth-order valence-corrected chi connectivity index (χ4v) is 5.49. The van der Waals surface area contributed by atoms with Crippen molar-refractivity contribution in [2.45, 2.75) is 62.0 Å². The Labute approximate surface area is 249 Å². The summed E-state index contributed by atoms with van der Waals surface area (Å²) in [4.78, 5) is 36.5. The number of phenolic OH excluding ortho intramolecular Hbond substituents is 1. The van der Waals surface area contributed by atoms with Crippen molar-refractivity contribution < 1.29 is 64.3 Å². The molecule has 2 heterocycles. The molecule has 1 fully saturated rings. The zero-order chi connectivity index (χ0) is 31.7. The monoisotopic (exact) mass is 616 g/mol. The summed E-state index contributed by atoms with van der Waals surface area (Å²) in [6.07, 6.45) is -6.03. The number of carboxylic acid groups (broad SMARTS) is 1. The number of rotatable bonds is 10. The number of esters is 1. The second kappa shape index (κ2) is 12.9. The molecule has 236 valence electrons. The Morgan fingerprint density at radius 1 is 1.00 bits per heavy atom. The number of carboxylic acids is 1. The highest BCUT2D eigenvalue weighted by Crippen LogP contribution is 2.32. The number of carbonyl (C=O) groups excluding carboxylic acids is 1. The van der Waals surface area contributed by atoms with E-state index in [2.05, 4.69) is 0 Å². The van der Waals surface area contributed by atoms with Crippen molar-refractivity contribution in [2.24, 2.45) is 0 Å². The molecule has 0 saturated carbocycles. The van der Waals surface area contributed by atoms with Crippen LogP contribution in [0.3, 0.4) is 0 Å². The Morgan fingerprint density at radius 2 is 1.75 bits per heavy atom. The van der Waals surface area contributed by atoms with Crippen molar-refractivity contribution in [3.8, 4) is 11.5 Å². The van der Waals surface area contributed by atoms with Gasteiger partial charge >= 0.3 is 11.9 Å². The topological polar surface area (TPSA) is 230 Å². The summed E-state index contributed by atoms with van der Waals surface area (Å²) in [5, 5.41) is 70.6. The minimum atomic E-state index is -1.66. The summed E-state index contributed by atoms with van der Waals surface area (Å²) in [5.74, 6) is -2.64. The van der Waals surface area contributed by atoms with Gasteiger partial charge in [0.05, 0.1) is 25.0 Å². The lowest BCUT2D eigenvalue weighted by molar-refractivity contribution is -0.234. The van der Waals surface area contributed by atoms with Crippen molar-refractivity contribution in [3.63, 3.8) is 0 Å². The molecule has 0 radical (unpaired) electrons. The van der Waals surface area contributed by atoms with Crippen LogP contribution < -0.4 is 10.2 Å². The van der Waals surface area contributed by atoms with Crippen LogP contribution in [0.1, 0.15) is 17.5 Å². The largest absolute Gasteiger partial charge is 0.510 e. The summed E-state index contributed by atoms with van der Waals surface area (Å²) in [6, 6.07) is 5.83. The van der Waals surface area contributed by atoms with E-state index in [4.69, 9.17) is 18.9 Å². The molecule has 2 aromatic rings. The molecule has 14 heteroatoms. The predicted molar refractivity (Wildman–Crippen MR) is 149 cm³/mol. The summed E-state index contributed by atoms with van der Waals surface area (Å²) < 4.78 is 22.3. The molecule has 7 unspecified atom stereocenters. The second-order valence-corrected chi connectivity index (χ2v) is 10.8. The van der Waals surface area contributed by atoms with E-state index in [1.807, 2.05) is 0 Å². The molecule has 0 spiro atoms. The molecule has 0 bridgehead atoms. The average Bonchev–Trinajstić information content (AvgIpc) is 3.27. The maximum absolute atomic E-state index is 13.6. The Kier molecular flexibility index (Phi) is 9.20. The van der Waals surface area contributed by atoms with Crippen molar-refractivity contribution in [1.82, 2.24) is 0 Å². The number of ether oxygens (including phenoxy) is 4. The third-order valence-electron chi connectivity index (χ3n) is 7.83. The van der Waals surface area contributed by atoms with Gasteiger partial charge in [0, 0.05) is 23.6 Å².